The molecule has 0 atom stereocenters. The molecule has 1 saturated carbocycles. The number of anilines is 1. The molecule has 3 aromatic rings. The average molecular weight is 509 g/mol. The van der Waals surface area contributed by atoms with Crippen LogP contribution < -0.4 is 10.2 Å². The third-order valence-corrected chi connectivity index (χ3v) is 6.96. The van der Waals surface area contributed by atoms with E-state index in [1.54, 1.807) is 24.4 Å². The van der Waals surface area contributed by atoms with Crippen LogP contribution in [0.4, 0.5) is 10.3 Å². The summed E-state index contributed by atoms with van der Waals surface area (Å²) >= 11 is 0. The summed E-state index contributed by atoms with van der Waals surface area (Å²) in [7, 11) is 3.73. The normalized spacial score (nSPS) is 22.5. The Morgan fingerprint density at radius 3 is 2.46 bits per heavy atom. The van der Waals surface area contributed by atoms with Crippen molar-refractivity contribution in [2.24, 2.45) is 5.41 Å². The molecule has 0 bridgehead atoms. The Hall–Kier alpha value is -3.37. The number of carbonyl (C=O) groups is 1. The van der Waals surface area contributed by atoms with Crippen LogP contribution in [0.5, 0.6) is 0 Å². The van der Waals surface area contributed by atoms with Gasteiger partial charge in [0.1, 0.15) is 5.82 Å². The lowest BCUT2D eigenvalue weighted by Crippen LogP contribution is -2.51. The van der Waals surface area contributed by atoms with E-state index in [1.165, 1.54) is 18.6 Å². The van der Waals surface area contributed by atoms with Crippen molar-refractivity contribution >= 4 is 11.9 Å². The molecule has 2 aliphatic rings. The predicted molar refractivity (Wildman–Crippen MR) is 137 cm³/mol. The Bertz CT molecular complexity index is 1230. The highest BCUT2D eigenvalue weighted by atomic mass is 19.1. The lowest BCUT2D eigenvalue weighted by atomic mass is 9.89. The van der Waals surface area contributed by atoms with Gasteiger partial charge in [-0.2, -0.15) is 0 Å². The number of rotatable bonds is 6. The van der Waals surface area contributed by atoms with Gasteiger partial charge in [-0.15, -0.1) is 0 Å². The third kappa shape index (κ3) is 5.50. The van der Waals surface area contributed by atoms with Gasteiger partial charge >= 0.3 is 0 Å². The summed E-state index contributed by atoms with van der Waals surface area (Å²) in [5.41, 5.74) is 1.80. The number of halogens is 1. The zero-order valence-electron chi connectivity index (χ0n) is 21.5. The smallest absolute Gasteiger partial charge is 0.230 e. The average Bonchev–Trinajstić information content (AvgIpc) is 3.36. The van der Waals surface area contributed by atoms with E-state index in [4.69, 9.17) is 14.5 Å². The highest BCUT2D eigenvalue weighted by Gasteiger charge is 2.41. The standard InChI is InChI=1S/C27H33FN6O3/c1-27(25(35)30-19-7-5-4-6-8-19)15-36-24(37-16-27)23-32-21(17-9-11-18(28)12-10-17)22(33-23)20-13-14-29-26(31-20)34(2)3/h9-14,19,24H,4-8,15-16H2,1-3H3,(H,30,35)(H,32,33). The SMILES string of the molecule is CN(C)c1nccc(-c2[nH]c(C3OCC(C)(C(=O)NC4CCCCC4)CO3)nc2-c2ccc(F)cc2)n1. The number of ether oxygens (including phenoxy) is 2. The van der Waals surface area contributed by atoms with E-state index in [2.05, 4.69) is 20.3 Å². The third-order valence-electron chi connectivity index (χ3n) is 6.96. The Morgan fingerprint density at radius 1 is 1.08 bits per heavy atom. The molecule has 9 nitrogen and oxygen atoms in total. The molecule has 0 spiro atoms. The van der Waals surface area contributed by atoms with Crippen LogP contribution in [0, 0.1) is 11.2 Å². The molecule has 0 radical (unpaired) electrons. The molecule has 0 unspecified atom stereocenters. The van der Waals surface area contributed by atoms with Crippen LogP contribution in [0.3, 0.4) is 0 Å². The summed E-state index contributed by atoms with van der Waals surface area (Å²) in [4.78, 5) is 31.8. The second-order valence-corrected chi connectivity index (χ2v) is 10.3. The lowest BCUT2D eigenvalue weighted by molar-refractivity contribution is -0.231. The second kappa shape index (κ2) is 10.5. The molecule has 1 saturated heterocycles. The molecule has 2 N–H and O–H groups in total. The Morgan fingerprint density at radius 2 is 1.78 bits per heavy atom. The van der Waals surface area contributed by atoms with Gasteiger partial charge in [0.15, 0.2) is 5.82 Å². The topological polar surface area (TPSA) is 105 Å². The summed E-state index contributed by atoms with van der Waals surface area (Å²) in [6.07, 6.45) is 6.47. The maximum atomic E-state index is 13.6. The highest BCUT2D eigenvalue weighted by Crippen LogP contribution is 2.36. The molecule has 2 fully saturated rings. The lowest BCUT2D eigenvalue weighted by Gasteiger charge is -2.37. The molecule has 1 amide bonds. The monoisotopic (exact) mass is 508 g/mol. The van der Waals surface area contributed by atoms with Crippen molar-refractivity contribution in [3.8, 4) is 22.6 Å². The number of carbonyl (C=O) groups excluding carboxylic acids is 1. The Kier molecular flexibility index (Phi) is 7.21. The first-order valence-corrected chi connectivity index (χ1v) is 12.7. The van der Waals surface area contributed by atoms with Crippen LogP contribution in [-0.4, -0.2) is 59.2 Å². The predicted octanol–water partition coefficient (Wildman–Crippen LogP) is 4.24. The summed E-state index contributed by atoms with van der Waals surface area (Å²) in [6, 6.07) is 8.13. The fraction of sp³-hybridized carbons (Fsp3) is 0.481. The summed E-state index contributed by atoms with van der Waals surface area (Å²) in [5, 5.41) is 3.19. The summed E-state index contributed by atoms with van der Waals surface area (Å²) in [6.45, 7) is 2.27. The maximum absolute atomic E-state index is 13.6. The number of aromatic nitrogens is 4. The molecule has 1 aliphatic carbocycles. The van der Waals surface area contributed by atoms with Gasteiger partial charge in [-0.05, 0) is 50.1 Å². The largest absolute Gasteiger partial charge is 0.353 e. The minimum absolute atomic E-state index is 0.0396. The number of nitrogens with zero attached hydrogens (tertiary/aromatic N) is 4. The fourth-order valence-corrected chi connectivity index (χ4v) is 4.71. The molecule has 37 heavy (non-hydrogen) atoms. The van der Waals surface area contributed by atoms with Crippen molar-refractivity contribution in [1.29, 1.82) is 0 Å². The van der Waals surface area contributed by atoms with Gasteiger partial charge in [-0.3, -0.25) is 4.79 Å². The molecule has 5 rings (SSSR count). The van der Waals surface area contributed by atoms with Crippen molar-refractivity contribution in [1.82, 2.24) is 25.3 Å². The number of amides is 1. The van der Waals surface area contributed by atoms with Crippen LogP contribution in [0.1, 0.15) is 51.1 Å². The summed E-state index contributed by atoms with van der Waals surface area (Å²) < 4.78 is 25.7. The van der Waals surface area contributed by atoms with E-state index in [1.807, 2.05) is 25.9 Å². The van der Waals surface area contributed by atoms with E-state index >= 15 is 0 Å². The summed E-state index contributed by atoms with van der Waals surface area (Å²) in [5.74, 6) is 0.627. The molecular formula is C27H33FN6O3. The van der Waals surface area contributed by atoms with Gasteiger partial charge in [0, 0.05) is 31.9 Å². The minimum Gasteiger partial charge on any atom is -0.353 e. The van der Waals surface area contributed by atoms with E-state index < -0.39 is 11.7 Å². The zero-order chi connectivity index (χ0) is 26.0. The Labute approximate surface area is 215 Å². The number of H-pyrrole nitrogens is 1. The van der Waals surface area contributed by atoms with Crippen LogP contribution in [0.2, 0.25) is 0 Å². The van der Waals surface area contributed by atoms with Crippen LogP contribution in [0.25, 0.3) is 22.6 Å². The first-order chi connectivity index (χ1) is 17.8. The van der Waals surface area contributed by atoms with E-state index in [0.29, 0.717) is 28.9 Å². The molecule has 1 aromatic carbocycles. The molecule has 3 heterocycles. The first kappa shape index (κ1) is 25.3. The van der Waals surface area contributed by atoms with Crippen LogP contribution in [0.15, 0.2) is 36.5 Å². The number of imidazole rings is 1. The first-order valence-electron chi connectivity index (χ1n) is 12.7. The van der Waals surface area contributed by atoms with Gasteiger partial charge in [0.25, 0.3) is 0 Å². The van der Waals surface area contributed by atoms with Crippen LogP contribution >= 0.6 is 0 Å². The number of benzene rings is 1. The van der Waals surface area contributed by atoms with Gasteiger partial charge in [0.05, 0.1) is 35.7 Å². The van der Waals surface area contributed by atoms with E-state index in [0.717, 1.165) is 31.2 Å². The molecule has 2 aromatic heterocycles. The van der Waals surface area contributed by atoms with Gasteiger partial charge in [-0.25, -0.2) is 19.3 Å². The number of nitrogens with one attached hydrogen (secondary N) is 2. The van der Waals surface area contributed by atoms with E-state index in [-0.39, 0.29) is 31.0 Å². The van der Waals surface area contributed by atoms with Crippen molar-refractivity contribution in [2.75, 3.05) is 32.2 Å². The quantitative estimate of drug-likeness (QED) is 0.513. The number of hydrogen-bond donors (Lipinski definition) is 2. The van der Waals surface area contributed by atoms with Gasteiger partial charge in [-0.1, -0.05) is 19.3 Å². The Balaban J connectivity index is 1.38. The van der Waals surface area contributed by atoms with Gasteiger partial charge in [0.2, 0.25) is 18.1 Å². The van der Waals surface area contributed by atoms with E-state index in [9.17, 15) is 9.18 Å². The fourth-order valence-electron chi connectivity index (χ4n) is 4.71. The highest BCUT2D eigenvalue weighted by molar-refractivity contribution is 5.83. The number of hydrogen-bond acceptors (Lipinski definition) is 7. The van der Waals surface area contributed by atoms with Crippen molar-refractivity contribution in [2.45, 2.75) is 51.4 Å². The molecule has 1 aliphatic heterocycles. The zero-order valence-corrected chi connectivity index (χ0v) is 21.5. The number of aromatic amines is 1. The van der Waals surface area contributed by atoms with Crippen molar-refractivity contribution in [3.63, 3.8) is 0 Å². The molecular weight excluding hydrogens is 475 g/mol. The van der Waals surface area contributed by atoms with Crippen molar-refractivity contribution < 1.29 is 18.7 Å². The maximum Gasteiger partial charge on any atom is 0.230 e. The minimum atomic E-state index is -0.781. The second-order valence-electron chi connectivity index (χ2n) is 10.3. The molecule has 196 valence electrons. The molecule has 10 heteroatoms. The van der Waals surface area contributed by atoms with Crippen LogP contribution in [-0.2, 0) is 14.3 Å². The van der Waals surface area contributed by atoms with Crippen molar-refractivity contribution in [3.05, 3.63) is 48.2 Å². The van der Waals surface area contributed by atoms with Gasteiger partial charge < -0.3 is 24.7 Å².